The van der Waals surface area contributed by atoms with Gasteiger partial charge in [-0.2, -0.15) is 5.10 Å². The summed E-state index contributed by atoms with van der Waals surface area (Å²) >= 11 is 6.22. The summed E-state index contributed by atoms with van der Waals surface area (Å²) in [6.07, 6.45) is 0.770. The number of rotatable bonds is 4. The van der Waals surface area contributed by atoms with Crippen LogP contribution in [0.5, 0.6) is 5.75 Å². The minimum atomic E-state index is -0.275. The largest absolute Gasteiger partial charge is 0.487 e. The van der Waals surface area contributed by atoms with Gasteiger partial charge in [0.1, 0.15) is 18.2 Å². The molecular formula is C14H16ClFN2O. The van der Waals surface area contributed by atoms with E-state index in [1.165, 1.54) is 6.07 Å². The maximum atomic E-state index is 13.4. The highest BCUT2D eigenvalue weighted by Crippen LogP contribution is 2.23. The predicted octanol–water partition coefficient (Wildman–Crippen LogP) is 3.66. The van der Waals surface area contributed by atoms with Gasteiger partial charge in [0.05, 0.1) is 16.4 Å². The van der Waals surface area contributed by atoms with Crippen LogP contribution in [0.2, 0.25) is 5.02 Å². The number of hydrogen-bond acceptors (Lipinski definition) is 2. The van der Waals surface area contributed by atoms with E-state index in [9.17, 15) is 4.39 Å². The van der Waals surface area contributed by atoms with Crippen molar-refractivity contribution in [2.75, 3.05) is 0 Å². The fourth-order valence-corrected chi connectivity index (χ4v) is 2.14. The Hall–Kier alpha value is -1.55. The number of halogens is 2. The number of benzene rings is 1. The Balaban J connectivity index is 2.14. The smallest absolute Gasteiger partial charge is 0.131 e. The Morgan fingerprint density at radius 2 is 2.16 bits per heavy atom. The zero-order valence-corrected chi connectivity index (χ0v) is 12.0. The van der Waals surface area contributed by atoms with Crippen molar-refractivity contribution < 1.29 is 9.13 Å². The Morgan fingerprint density at radius 3 is 2.74 bits per heavy atom. The lowest BCUT2D eigenvalue weighted by Crippen LogP contribution is -2.03. The first-order chi connectivity index (χ1) is 9.02. The zero-order valence-electron chi connectivity index (χ0n) is 11.2. The summed E-state index contributed by atoms with van der Waals surface area (Å²) in [7, 11) is 1.82. The Kier molecular flexibility index (Phi) is 4.10. The van der Waals surface area contributed by atoms with Gasteiger partial charge < -0.3 is 4.74 Å². The van der Waals surface area contributed by atoms with Crippen LogP contribution in [0.15, 0.2) is 18.2 Å². The summed E-state index contributed by atoms with van der Waals surface area (Å²) in [4.78, 5) is 0. The van der Waals surface area contributed by atoms with Crippen molar-refractivity contribution in [1.82, 2.24) is 9.78 Å². The third kappa shape index (κ3) is 2.89. The number of aryl methyl sites for hydroxylation is 3. The lowest BCUT2D eigenvalue weighted by atomic mass is 10.2. The van der Waals surface area contributed by atoms with Crippen LogP contribution in [-0.2, 0) is 20.1 Å². The summed E-state index contributed by atoms with van der Waals surface area (Å²) < 4.78 is 20.7. The molecule has 2 aromatic rings. The molecule has 0 saturated heterocycles. The molecule has 0 spiro atoms. The third-order valence-electron chi connectivity index (χ3n) is 3.02. The van der Waals surface area contributed by atoms with E-state index in [2.05, 4.69) is 5.10 Å². The molecule has 0 atom stereocenters. The molecule has 0 N–H and O–H groups in total. The maximum Gasteiger partial charge on any atom is 0.131 e. The molecule has 5 heteroatoms. The molecule has 2 rings (SSSR count). The Labute approximate surface area is 117 Å². The van der Waals surface area contributed by atoms with Gasteiger partial charge in [-0.25, -0.2) is 4.39 Å². The van der Waals surface area contributed by atoms with E-state index in [4.69, 9.17) is 16.3 Å². The molecule has 0 aliphatic heterocycles. The standard InChI is InChI=1S/C14H16ClFN2O/c1-4-12-14(15)13(18(3)17-12)8-19-10-6-5-9(2)11(16)7-10/h5-7H,4,8H2,1-3H3. The van der Waals surface area contributed by atoms with Gasteiger partial charge in [-0.15, -0.1) is 0 Å². The summed E-state index contributed by atoms with van der Waals surface area (Å²) in [5.41, 5.74) is 2.23. The fourth-order valence-electron chi connectivity index (χ4n) is 1.79. The number of nitrogens with zero attached hydrogens (tertiary/aromatic N) is 2. The molecule has 1 heterocycles. The monoisotopic (exact) mass is 282 g/mol. The third-order valence-corrected chi connectivity index (χ3v) is 3.46. The lowest BCUT2D eigenvalue weighted by Gasteiger charge is -2.07. The summed E-state index contributed by atoms with van der Waals surface area (Å²) in [6, 6.07) is 4.80. The van der Waals surface area contributed by atoms with Crippen molar-refractivity contribution in [3.8, 4) is 5.75 Å². The number of ether oxygens (including phenoxy) is 1. The van der Waals surface area contributed by atoms with Gasteiger partial charge in [-0.05, 0) is 25.0 Å². The highest BCUT2D eigenvalue weighted by molar-refractivity contribution is 6.31. The van der Waals surface area contributed by atoms with E-state index < -0.39 is 0 Å². The van der Waals surface area contributed by atoms with Crippen LogP contribution in [0.3, 0.4) is 0 Å². The van der Waals surface area contributed by atoms with Gasteiger partial charge in [0, 0.05) is 13.1 Å². The molecule has 0 radical (unpaired) electrons. The van der Waals surface area contributed by atoms with Gasteiger partial charge in [0.25, 0.3) is 0 Å². The van der Waals surface area contributed by atoms with Gasteiger partial charge in [-0.1, -0.05) is 24.6 Å². The average molecular weight is 283 g/mol. The first-order valence-electron chi connectivity index (χ1n) is 6.12. The summed E-state index contributed by atoms with van der Waals surface area (Å²) in [5.74, 6) is 0.210. The second-order valence-corrected chi connectivity index (χ2v) is 4.76. The second kappa shape index (κ2) is 5.61. The average Bonchev–Trinajstić information content (AvgIpc) is 2.66. The molecule has 0 aliphatic rings. The topological polar surface area (TPSA) is 27.1 Å². The van der Waals surface area contributed by atoms with E-state index in [1.54, 1.807) is 23.7 Å². The van der Waals surface area contributed by atoms with Gasteiger partial charge in [-0.3, -0.25) is 4.68 Å². The van der Waals surface area contributed by atoms with Crippen LogP contribution >= 0.6 is 11.6 Å². The van der Waals surface area contributed by atoms with Crippen molar-refractivity contribution in [3.63, 3.8) is 0 Å². The summed E-state index contributed by atoms with van der Waals surface area (Å²) in [5, 5.41) is 4.93. The molecule has 0 unspecified atom stereocenters. The maximum absolute atomic E-state index is 13.4. The number of aromatic nitrogens is 2. The molecule has 3 nitrogen and oxygen atoms in total. The highest BCUT2D eigenvalue weighted by atomic mass is 35.5. The molecule has 0 bridgehead atoms. The quantitative estimate of drug-likeness (QED) is 0.856. The fraction of sp³-hybridized carbons (Fsp3) is 0.357. The van der Waals surface area contributed by atoms with E-state index in [-0.39, 0.29) is 12.4 Å². The Bertz CT molecular complexity index is 595. The van der Waals surface area contributed by atoms with Crippen molar-refractivity contribution in [3.05, 3.63) is 46.0 Å². The van der Waals surface area contributed by atoms with Gasteiger partial charge >= 0.3 is 0 Å². The normalized spacial score (nSPS) is 10.8. The first-order valence-corrected chi connectivity index (χ1v) is 6.50. The highest BCUT2D eigenvalue weighted by Gasteiger charge is 2.13. The minimum absolute atomic E-state index is 0.269. The van der Waals surface area contributed by atoms with Crippen molar-refractivity contribution in [2.45, 2.75) is 26.9 Å². The molecule has 0 fully saturated rings. The van der Waals surface area contributed by atoms with Gasteiger partial charge in [0.2, 0.25) is 0 Å². The van der Waals surface area contributed by atoms with Crippen molar-refractivity contribution in [1.29, 1.82) is 0 Å². The number of hydrogen-bond donors (Lipinski definition) is 0. The van der Waals surface area contributed by atoms with E-state index in [0.29, 0.717) is 16.3 Å². The molecule has 0 aliphatic carbocycles. The summed E-state index contributed by atoms with van der Waals surface area (Å²) in [6.45, 7) is 3.98. The van der Waals surface area contributed by atoms with E-state index >= 15 is 0 Å². The lowest BCUT2D eigenvalue weighted by molar-refractivity contribution is 0.293. The van der Waals surface area contributed by atoms with Crippen LogP contribution in [0.1, 0.15) is 23.9 Å². The van der Waals surface area contributed by atoms with Crippen LogP contribution < -0.4 is 4.74 Å². The Morgan fingerprint density at radius 1 is 1.42 bits per heavy atom. The molecule has 1 aromatic carbocycles. The predicted molar refractivity (Wildman–Crippen MR) is 73.1 cm³/mol. The van der Waals surface area contributed by atoms with Crippen molar-refractivity contribution >= 4 is 11.6 Å². The van der Waals surface area contributed by atoms with E-state index in [1.807, 2.05) is 14.0 Å². The van der Waals surface area contributed by atoms with Crippen LogP contribution in [0, 0.1) is 12.7 Å². The molecule has 0 amide bonds. The van der Waals surface area contributed by atoms with Gasteiger partial charge in [0.15, 0.2) is 0 Å². The molecule has 1 aromatic heterocycles. The molecule has 19 heavy (non-hydrogen) atoms. The molecular weight excluding hydrogens is 267 g/mol. The molecule has 0 saturated carbocycles. The van der Waals surface area contributed by atoms with Crippen LogP contribution in [0.25, 0.3) is 0 Å². The zero-order chi connectivity index (χ0) is 14.0. The van der Waals surface area contributed by atoms with Crippen LogP contribution in [-0.4, -0.2) is 9.78 Å². The first kappa shape index (κ1) is 13.9. The molecule has 102 valence electrons. The minimum Gasteiger partial charge on any atom is -0.487 e. The SMILES string of the molecule is CCc1nn(C)c(COc2ccc(C)c(F)c2)c1Cl. The van der Waals surface area contributed by atoms with E-state index in [0.717, 1.165) is 17.8 Å². The second-order valence-electron chi connectivity index (χ2n) is 4.38. The van der Waals surface area contributed by atoms with Crippen molar-refractivity contribution in [2.24, 2.45) is 7.05 Å². The van der Waals surface area contributed by atoms with Crippen LogP contribution in [0.4, 0.5) is 4.39 Å².